The zero-order chi connectivity index (χ0) is 13.1. The minimum absolute atomic E-state index is 0.473. The van der Waals surface area contributed by atoms with E-state index in [0.717, 1.165) is 19.1 Å². The number of hydrogen-bond acceptors (Lipinski definition) is 3. The summed E-state index contributed by atoms with van der Waals surface area (Å²) in [6.07, 6.45) is 9.12. The van der Waals surface area contributed by atoms with Crippen LogP contribution in [0.4, 0.5) is 0 Å². The summed E-state index contributed by atoms with van der Waals surface area (Å²) < 4.78 is 7.64. The Kier molecular flexibility index (Phi) is 4.18. The fourth-order valence-electron chi connectivity index (χ4n) is 3.41. The molecule has 1 fully saturated rings. The molecule has 0 bridgehead atoms. The molecule has 1 unspecified atom stereocenters. The molecule has 1 aliphatic carbocycles. The van der Waals surface area contributed by atoms with E-state index in [1.165, 1.54) is 49.9 Å². The maximum absolute atomic E-state index is 5.69. The fraction of sp³-hybridized carbons (Fsp3) is 0.800. The Bertz CT molecular complexity index is 410. The molecule has 0 spiro atoms. The van der Waals surface area contributed by atoms with E-state index in [2.05, 4.69) is 10.4 Å². The Balaban J connectivity index is 1.50. The molecule has 106 valence electrons. The fourth-order valence-corrected chi connectivity index (χ4v) is 3.41. The van der Waals surface area contributed by atoms with Crippen molar-refractivity contribution >= 4 is 0 Å². The van der Waals surface area contributed by atoms with Crippen molar-refractivity contribution in [3.8, 4) is 0 Å². The van der Waals surface area contributed by atoms with Crippen molar-refractivity contribution in [1.82, 2.24) is 15.1 Å². The lowest BCUT2D eigenvalue weighted by Crippen LogP contribution is -2.32. The molecule has 0 aromatic carbocycles. The SMILES string of the molecule is Cn1ncc2c1COCC2CNCC1CCCCC1. The summed E-state index contributed by atoms with van der Waals surface area (Å²) in [4.78, 5) is 0. The summed E-state index contributed by atoms with van der Waals surface area (Å²) in [6.45, 7) is 3.74. The topological polar surface area (TPSA) is 39.1 Å². The van der Waals surface area contributed by atoms with Crippen molar-refractivity contribution in [2.75, 3.05) is 19.7 Å². The Morgan fingerprint density at radius 2 is 2.16 bits per heavy atom. The Morgan fingerprint density at radius 1 is 1.32 bits per heavy atom. The number of nitrogens with zero attached hydrogens (tertiary/aromatic N) is 2. The zero-order valence-corrected chi connectivity index (χ0v) is 11.9. The molecule has 4 nitrogen and oxygen atoms in total. The Hall–Kier alpha value is -0.870. The molecule has 3 rings (SSSR count). The smallest absolute Gasteiger partial charge is 0.0887 e. The lowest BCUT2D eigenvalue weighted by atomic mass is 9.89. The Morgan fingerprint density at radius 3 is 3.00 bits per heavy atom. The summed E-state index contributed by atoms with van der Waals surface area (Å²) in [5, 5.41) is 8.01. The van der Waals surface area contributed by atoms with Gasteiger partial charge in [-0.3, -0.25) is 4.68 Å². The van der Waals surface area contributed by atoms with Crippen LogP contribution in [-0.4, -0.2) is 29.5 Å². The van der Waals surface area contributed by atoms with Gasteiger partial charge < -0.3 is 10.1 Å². The zero-order valence-electron chi connectivity index (χ0n) is 11.9. The quantitative estimate of drug-likeness (QED) is 0.905. The molecular weight excluding hydrogens is 238 g/mol. The average molecular weight is 263 g/mol. The van der Waals surface area contributed by atoms with E-state index in [-0.39, 0.29) is 0 Å². The molecule has 4 heteroatoms. The Labute approximate surface area is 115 Å². The number of hydrogen-bond donors (Lipinski definition) is 1. The highest BCUT2D eigenvalue weighted by molar-refractivity contribution is 5.24. The molecule has 1 N–H and O–H groups in total. The van der Waals surface area contributed by atoms with Crippen molar-refractivity contribution in [2.24, 2.45) is 13.0 Å². The highest BCUT2D eigenvalue weighted by Gasteiger charge is 2.24. The third-order valence-corrected chi connectivity index (χ3v) is 4.64. The average Bonchev–Trinajstić information content (AvgIpc) is 2.83. The first-order valence-electron chi connectivity index (χ1n) is 7.64. The first kappa shape index (κ1) is 13.1. The van der Waals surface area contributed by atoms with Crippen LogP contribution in [0.1, 0.15) is 49.3 Å². The number of aryl methyl sites for hydroxylation is 1. The van der Waals surface area contributed by atoms with E-state index >= 15 is 0 Å². The van der Waals surface area contributed by atoms with Crippen molar-refractivity contribution in [1.29, 1.82) is 0 Å². The molecule has 2 heterocycles. The lowest BCUT2D eigenvalue weighted by molar-refractivity contribution is 0.0854. The number of aromatic nitrogens is 2. The summed E-state index contributed by atoms with van der Waals surface area (Å²) in [5.74, 6) is 1.37. The van der Waals surface area contributed by atoms with Gasteiger partial charge in [0.25, 0.3) is 0 Å². The molecule has 0 saturated heterocycles. The van der Waals surface area contributed by atoms with Crippen molar-refractivity contribution in [3.63, 3.8) is 0 Å². The molecule has 19 heavy (non-hydrogen) atoms. The van der Waals surface area contributed by atoms with E-state index < -0.39 is 0 Å². The second-order valence-electron chi connectivity index (χ2n) is 6.04. The minimum Gasteiger partial charge on any atom is -0.374 e. The van der Waals surface area contributed by atoms with Crippen LogP contribution in [0, 0.1) is 5.92 Å². The first-order chi connectivity index (χ1) is 9.34. The van der Waals surface area contributed by atoms with Crippen LogP contribution in [0.3, 0.4) is 0 Å². The summed E-state index contributed by atoms with van der Waals surface area (Å²) in [7, 11) is 2.00. The van der Waals surface area contributed by atoms with Gasteiger partial charge in [-0.25, -0.2) is 0 Å². The highest BCUT2D eigenvalue weighted by atomic mass is 16.5. The molecule has 2 aliphatic rings. The second-order valence-corrected chi connectivity index (χ2v) is 6.04. The van der Waals surface area contributed by atoms with Gasteiger partial charge in [0.2, 0.25) is 0 Å². The van der Waals surface area contributed by atoms with Crippen molar-refractivity contribution < 1.29 is 4.74 Å². The van der Waals surface area contributed by atoms with Gasteiger partial charge in [0.05, 0.1) is 25.1 Å². The maximum Gasteiger partial charge on any atom is 0.0887 e. The van der Waals surface area contributed by atoms with Gasteiger partial charge in [0.1, 0.15) is 0 Å². The van der Waals surface area contributed by atoms with Gasteiger partial charge in [0.15, 0.2) is 0 Å². The standard InChI is InChI=1S/C15H25N3O/c1-18-15-11-19-10-13(14(15)9-17-18)8-16-7-12-5-3-2-4-6-12/h9,12-13,16H,2-8,10-11H2,1H3. The van der Waals surface area contributed by atoms with Gasteiger partial charge in [-0.1, -0.05) is 19.3 Å². The molecule has 1 aromatic rings. The normalized spacial score (nSPS) is 24.4. The number of nitrogens with one attached hydrogen (secondary N) is 1. The van der Waals surface area contributed by atoms with Gasteiger partial charge in [-0.05, 0) is 25.3 Å². The van der Waals surface area contributed by atoms with E-state index in [4.69, 9.17) is 4.74 Å². The molecule has 0 amide bonds. The minimum atomic E-state index is 0.473. The monoisotopic (exact) mass is 263 g/mol. The van der Waals surface area contributed by atoms with Crippen LogP contribution in [-0.2, 0) is 18.4 Å². The molecule has 0 radical (unpaired) electrons. The van der Waals surface area contributed by atoms with Crippen LogP contribution in [0.25, 0.3) is 0 Å². The summed E-state index contributed by atoms with van der Waals surface area (Å²) in [6, 6.07) is 0. The number of rotatable bonds is 4. The second kappa shape index (κ2) is 6.06. The van der Waals surface area contributed by atoms with Crippen LogP contribution < -0.4 is 5.32 Å². The van der Waals surface area contributed by atoms with Crippen molar-refractivity contribution in [2.45, 2.75) is 44.6 Å². The maximum atomic E-state index is 5.69. The van der Waals surface area contributed by atoms with Gasteiger partial charge in [-0.15, -0.1) is 0 Å². The third kappa shape index (κ3) is 3.00. The van der Waals surface area contributed by atoms with E-state index in [9.17, 15) is 0 Å². The predicted molar refractivity (Wildman–Crippen MR) is 75.0 cm³/mol. The summed E-state index contributed by atoms with van der Waals surface area (Å²) >= 11 is 0. The first-order valence-corrected chi connectivity index (χ1v) is 7.64. The molecule has 1 atom stereocenters. The van der Waals surface area contributed by atoms with E-state index in [1.54, 1.807) is 0 Å². The summed E-state index contributed by atoms with van der Waals surface area (Å²) in [5.41, 5.74) is 2.63. The van der Waals surface area contributed by atoms with E-state index in [1.807, 2.05) is 17.9 Å². The number of ether oxygens (including phenoxy) is 1. The molecule has 1 aliphatic heterocycles. The lowest BCUT2D eigenvalue weighted by Gasteiger charge is -2.26. The van der Waals surface area contributed by atoms with Crippen LogP contribution >= 0.6 is 0 Å². The van der Waals surface area contributed by atoms with Crippen LogP contribution in [0.15, 0.2) is 6.20 Å². The van der Waals surface area contributed by atoms with Crippen LogP contribution in [0.2, 0.25) is 0 Å². The van der Waals surface area contributed by atoms with Crippen molar-refractivity contribution in [3.05, 3.63) is 17.5 Å². The third-order valence-electron chi connectivity index (χ3n) is 4.64. The largest absolute Gasteiger partial charge is 0.374 e. The number of fused-ring (bicyclic) bond motifs is 1. The molecule has 1 aromatic heterocycles. The predicted octanol–water partition coefficient (Wildman–Crippen LogP) is 2.20. The highest BCUT2D eigenvalue weighted by Crippen LogP contribution is 2.26. The van der Waals surface area contributed by atoms with Crippen LogP contribution in [0.5, 0.6) is 0 Å². The van der Waals surface area contributed by atoms with Gasteiger partial charge in [0, 0.05) is 25.1 Å². The van der Waals surface area contributed by atoms with Gasteiger partial charge in [-0.2, -0.15) is 5.10 Å². The molecular formula is C15H25N3O. The molecule has 1 saturated carbocycles. The van der Waals surface area contributed by atoms with Gasteiger partial charge >= 0.3 is 0 Å². The van der Waals surface area contributed by atoms with E-state index in [0.29, 0.717) is 12.5 Å².